The topological polar surface area (TPSA) is 46.5 Å². The largest absolute Gasteiger partial charge is 0.457 e. The molecule has 98 valence electrons. The van der Waals surface area contributed by atoms with E-state index in [-0.39, 0.29) is 12.4 Å². The summed E-state index contributed by atoms with van der Waals surface area (Å²) in [7, 11) is 0. The molecule has 0 bridgehead atoms. The molecule has 0 radical (unpaired) electrons. The van der Waals surface area contributed by atoms with Crippen molar-refractivity contribution in [2.45, 2.75) is 20.0 Å². The Morgan fingerprint density at radius 1 is 1.00 bits per heavy atom. The molecule has 0 heterocycles. The molecule has 3 heteroatoms. The molecule has 0 saturated heterocycles. The summed E-state index contributed by atoms with van der Waals surface area (Å²) in [6, 6.07) is 14.3. The molecular formula is C16H16O3. The third kappa shape index (κ3) is 3.42. The van der Waals surface area contributed by atoms with Gasteiger partial charge in [0, 0.05) is 12.0 Å². The average molecular weight is 256 g/mol. The van der Waals surface area contributed by atoms with E-state index in [1.807, 2.05) is 19.1 Å². The van der Waals surface area contributed by atoms with E-state index in [0.717, 1.165) is 5.56 Å². The Morgan fingerprint density at radius 3 is 2.00 bits per heavy atom. The van der Waals surface area contributed by atoms with E-state index in [4.69, 9.17) is 9.84 Å². The third-order valence-corrected chi connectivity index (χ3v) is 2.84. The van der Waals surface area contributed by atoms with Gasteiger partial charge in [0.1, 0.15) is 11.5 Å². The number of Topliss-reactive ketones (excluding diaryl/α,β-unsaturated/α-hetero) is 1. The molecule has 0 amide bonds. The summed E-state index contributed by atoms with van der Waals surface area (Å²) >= 11 is 0. The average Bonchev–Trinajstić information content (AvgIpc) is 2.48. The fourth-order valence-corrected chi connectivity index (χ4v) is 1.71. The van der Waals surface area contributed by atoms with E-state index in [2.05, 4.69) is 0 Å². The standard InChI is InChI=1S/C16H16O3/c1-2-16(18)13-5-9-15(10-6-13)19-14-7-3-12(11-17)4-8-14/h3-10,17H,2,11H2,1H3. The maximum Gasteiger partial charge on any atom is 0.162 e. The van der Waals surface area contributed by atoms with Gasteiger partial charge in [-0.05, 0) is 42.0 Å². The number of rotatable bonds is 5. The first-order valence-electron chi connectivity index (χ1n) is 6.24. The van der Waals surface area contributed by atoms with Crippen LogP contribution in [0, 0.1) is 0 Å². The lowest BCUT2D eigenvalue weighted by molar-refractivity contribution is 0.0988. The van der Waals surface area contributed by atoms with Crippen molar-refractivity contribution >= 4 is 5.78 Å². The van der Waals surface area contributed by atoms with Gasteiger partial charge in [0.2, 0.25) is 0 Å². The monoisotopic (exact) mass is 256 g/mol. The van der Waals surface area contributed by atoms with Crippen molar-refractivity contribution < 1.29 is 14.6 Å². The number of benzene rings is 2. The zero-order valence-corrected chi connectivity index (χ0v) is 10.8. The Labute approximate surface area is 112 Å². The number of hydrogen-bond acceptors (Lipinski definition) is 3. The van der Waals surface area contributed by atoms with Crippen LogP contribution in [0.25, 0.3) is 0 Å². The molecular weight excluding hydrogens is 240 g/mol. The Balaban J connectivity index is 2.08. The van der Waals surface area contributed by atoms with Gasteiger partial charge in [-0.15, -0.1) is 0 Å². The Kier molecular flexibility index (Phi) is 4.31. The smallest absolute Gasteiger partial charge is 0.162 e. The number of carbonyl (C=O) groups is 1. The van der Waals surface area contributed by atoms with Gasteiger partial charge in [-0.25, -0.2) is 0 Å². The van der Waals surface area contributed by atoms with Crippen LogP contribution in [0.3, 0.4) is 0 Å². The van der Waals surface area contributed by atoms with Crippen LogP contribution in [0.4, 0.5) is 0 Å². The van der Waals surface area contributed by atoms with Crippen molar-refractivity contribution in [3.05, 3.63) is 59.7 Å². The summed E-state index contributed by atoms with van der Waals surface area (Å²) in [6.45, 7) is 1.86. The first kappa shape index (κ1) is 13.3. The van der Waals surface area contributed by atoms with E-state index in [1.165, 1.54) is 0 Å². The Morgan fingerprint density at radius 2 is 1.53 bits per heavy atom. The molecule has 0 aliphatic heterocycles. The maximum atomic E-state index is 11.5. The van der Waals surface area contributed by atoms with E-state index >= 15 is 0 Å². The minimum atomic E-state index is 0.0219. The molecule has 2 aromatic rings. The lowest BCUT2D eigenvalue weighted by Crippen LogP contribution is -1.95. The summed E-state index contributed by atoms with van der Waals surface area (Å²) in [5, 5.41) is 8.95. The fraction of sp³-hybridized carbons (Fsp3) is 0.188. The first-order valence-corrected chi connectivity index (χ1v) is 6.24. The van der Waals surface area contributed by atoms with E-state index < -0.39 is 0 Å². The molecule has 0 spiro atoms. The van der Waals surface area contributed by atoms with Gasteiger partial charge in [-0.2, -0.15) is 0 Å². The molecule has 0 fully saturated rings. The predicted molar refractivity (Wildman–Crippen MR) is 73.5 cm³/mol. The van der Waals surface area contributed by atoms with Crippen LogP contribution in [0.15, 0.2) is 48.5 Å². The summed E-state index contributed by atoms with van der Waals surface area (Å²) in [6.07, 6.45) is 0.503. The van der Waals surface area contributed by atoms with E-state index in [1.54, 1.807) is 36.4 Å². The summed E-state index contributed by atoms with van der Waals surface area (Å²) in [5.41, 5.74) is 1.54. The highest BCUT2D eigenvalue weighted by Crippen LogP contribution is 2.22. The summed E-state index contributed by atoms with van der Waals surface area (Å²) < 4.78 is 5.65. The van der Waals surface area contributed by atoms with Crippen LogP contribution in [0.2, 0.25) is 0 Å². The molecule has 0 atom stereocenters. The van der Waals surface area contributed by atoms with Gasteiger partial charge in [0.05, 0.1) is 6.61 Å². The Bertz CT molecular complexity index is 541. The number of carbonyl (C=O) groups excluding carboxylic acids is 1. The zero-order valence-electron chi connectivity index (χ0n) is 10.8. The van der Waals surface area contributed by atoms with Gasteiger partial charge in [0.25, 0.3) is 0 Å². The van der Waals surface area contributed by atoms with Crippen LogP contribution in [0.5, 0.6) is 11.5 Å². The highest BCUT2D eigenvalue weighted by atomic mass is 16.5. The van der Waals surface area contributed by atoms with Crippen molar-refractivity contribution in [1.29, 1.82) is 0 Å². The highest BCUT2D eigenvalue weighted by Gasteiger charge is 2.03. The molecule has 0 unspecified atom stereocenters. The minimum absolute atomic E-state index is 0.0219. The summed E-state index contributed by atoms with van der Waals surface area (Å²) in [5.74, 6) is 1.51. The van der Waals surface area contributed by atoms with Gasteiger partial charge in [0.15, 0.2) is 5.78 Å². The second kappa shape index (κ2) is 6.16. The van der Waals surface area contributed by atoms with Crippen molar-refractivity contribution in [3.8, 4) is 11.5 Å². The predicted octanol–water partition coefficient (Wildman–Crippen LogP) is 3.56. The molecule has 1 N–H and O–H groups in total. The van der Waals surface area contributed by atoms with Crippen molar-refractivity contribution in [2.75, 3.05) is 0 Å². The number of aliphatic hydroxyl groups excluding tert-OH is 1. The molecule has 3 nitrogen and oxygen atoms in total. The normalized spacial score (nSPS) is 10.2. The Hall–Kier alpha value is -2.13. The molecule has 0 aromatic heterocycles. The molecule has 19 heavy (non-hydrogen) atoms. The van der Waals surface area contributed by atoms with Gasteiger partial charge < -0.3 is 9.84 Å². The highest BCUT2D eigenvalue weighted by molar-refractivity contribution is 5.95. The van der Waals surface area contributed by atoms with E-state index in [0.29, 0.717) is 23.5 Å². The van der Waals surface area contributed by atoms with Crippen molar-refractivity contribution in [3.63, 3.8) is 0 Å². The quantitative estimate of drug-likeness (QED) is 0.832. The fourth-order valence-electron chi connectivity index (χ4n) is 1.71. The lowest BCUT2D eigenvalue weighted by Gasteiger charge is -2.07. The molecule has 0 aliphatic carbocycles. The van der Waals surface area contributed by atoms with Crippen LogP contribution < -0.4 is 4.74 Å². The SMILES string of the molecule is CCC(=O)c1ccc(Oc2ccc(CO)cc2)cc1. The van der Waals surface area contributed by atoms with Crippen LogP contribution in [-0.4, -0.2) is 10.9 Å². The number of ether oxygens (including phenoxy) is 1. The van der Waals surface area contributed by atoms with Crippen molar-refractivity contribution in [1.82, 2.24) is 0 Å². The minimum Gasteiger partial charge on any atom is -0.457 e. The number of ketones is 1. The second-order valence-corrected chi connectivity index (χ2v) is 4.21. The van der Waals surface area contributed by atoms with Crippen LogP contribution in [0.1, 0.15) is 29.3 Å². The second-order valence-electron chi connectivity index (χ2n) is 4.21. The zero-order chi connectivity index (χ0) is 13.7. The van der Waals surface area contributed by atoms with Crippen LogP contribution >= 0.6 is 0 Å². The summed E-state index contributed by atoms with van der Waals surface area (Å²) in [4.78, 5) is 11.5. The van der Waals surface area contributed by atoms with Crippen LogP contribution in [-0.2, 0) is 6.61 Å². The van der Waals surface area contributed by atoms with Gasteiger partial charge in [-0.3, -0.25) is 4.79 Å². The number of aliphatic hydroxyl groups is 1. The maximum absolute atomic E-state index is 11.5. The third-order valence-electron chi connectivity index (χ3n) is 2.84. The van der Waals surface area contributed by atoms with Gasteiger partial charge in [-0.1, -0.05) is 19.1 Å². The lowest BCUT2D eigenvalue weighted by atomic mass is 10.1. The number of hydrogen-bond donors (Lipinski definition) is 1. The van der Waals surface area contributed by atoms with E-state index in [9.17, 15) is 4.79 Å². The van der Waals surface area contributed by atoms with Crippen molar-refractivity contribution in [2.24, 2.45) is 0 Å². The van der Waals surface area contributed by atoms with Gasteiger partial charge >= 0.3 is 0 Å². The molecule has 2 aromatic carbocycles. The molecule has 0 aliphatic rings. The first-order chi connectivity index (χ1) is 9.22. The molecule has 0 saturated carbocycles. The molecule has 2 rings (SSSR count).